The van der Waals surface area contributed by atoms with E-state index in [1.165, 1.54) is 39.2 Å². The molecule has 1 aliphatic rings. The summed E-state index contributed by atoms with van der Waals surface area (Å²) in [7, 11) is 4.84. The first kappa shape index (κ1) is 21.7. The van der Waals surface area contributed by atoms with E-state index in [4.69, 9.17) is 4.74 Å². The maximum absolute atomic E-state index is 11.9. The minimum absolute atomic E-state index is 0.00500. The van der Waals surface area contributed by atoms with Crippen LogP contribution in [0.2, 0.25) is 0 Å². The van der Waals surface area contributed by atoms with Crippen molar-refractivity contribution in [3.05, 3.63) is 35.4 Å². The lowest BCUT2D eigenvalue weighted by molar-refractivity contribution is -0.127. The molecule has 2 rings (SSSR count). The van der Waals surface area contributed by atoms with E-state index in [1.54, 1.807) is 31.1 Å². The van der Waals surface area contributed by atoms with Crippen LogP contribution in [0.1, 0.15) is 48.0 Å². The second-order valence-corrected chi connectivity index (χ2v) is 7.38. The van der Waals surface area contributed by atoms with Gasteiger partial charge in [-0.15, -0.1) is 0 Å². The number of carbonyl (C=O) groups is 2. The Morgan fingerprint density at radius 3 is 2.39 bits per heavy atom. The lowest BCUT2D eigenvalue weighted by Crippen LogP contribution is -2.44. The van der Waals surface area contributed by atoms with Gasteiger partial charge in [0.15, 0.2) is 5.96 Å². The second kappa shape index (κ2) is 11.3. The van der Waals surface area contributed by atoms with Gasteiger partial charge in [0.25, 0.3) is 0 Å². The van der Waals surface area contributed by atoms with Crippen molar-refractivity contribution in [3.63, 3.8) is 0 Å². The van der Waals surface area contributed by atoms with Gasteiger partial charge in [-0.2, -0.15) is 0 Å². The summed E-state index contributed by atoms with van der Waals surface area (Å²) in [6, 6.07) is 7.18. The molecule has 28 heavy (non-hydrogen) atoms. The average molecular weight is 389 g/mol. The van der Waals surface area contributed by atoms with Crippen molar-refractivity contribution in [2.45, 2.75) is 38.6 Å². The van der Waals surface area contributed by atoms with Gasteiger partial charge >= 0.3 is 5.97 Å². The normalized spacial score (nSPS) is 15.0. The molecule has 1 aromatic carbocycles. The molecule has 0 unspecified atom stereocenters. The first-order valence-electron chi connectivity index (χ1n) is 9.89. The Kier molecular flexibility index (Phi) is 8.78. The summed E-state index contributed by atoms with van der Waals surface area (Å²) >= 11 is 0. The Balaban J connectivity index is 1.97. The molecule has 1 amide bonds. The zero-order valence-electron chi connectivity index (χ0n) is 17.2. The van der Waals surface area contributed by atoms with E-state index in [0.717, 1.165) is 12.1 Å². The van der Waals surface area contributed by atoms with E-state index in [1.807, 2.05) is 12.1 Å². The molecule has 1 aromatic rings. The quantitative estimate of drug-likeness (QED) is 0.425. The molecule has 0 aromatic heterocycles. The summed E-state index contributed by atoms with van der Waals surface area (Å²) in [4.78, 5) is 29.6. The largest absolute Gasteiger partial charge is 0.465 e. The van der Waals surface area contributed by atoms with Crippen LogP contribution in [0.15, 0.2) is 29.3 Å². The number of carbonyl (C=O) groups excluding carboxylic acids is 2. The number of likely N-dealkylation sites (N-methyl/N-ethyl adjacent to an activating group) is 1. The molecule has 7 heteroatoms. The number of rotatable bonds is 7. The van der Waals surface area contributed by atoms with Gasteiger partial charge in [0.1, 0.15) is 0 Å². The van der Waals surface area contributed by atoms with Crippen LogP contribution in [0.25, 0.3) is 0 Å². The highest BCUT2D eigenvalue weighted by molar-refractivity contribution is 5.89. The standard InChI is InChI=1S/C21H32N4O3/c1-25(2)19(26)15-24-21(22-13-16-7-5-4-6-8-16)23-14-17-9-11-18(12-10-17)20(27)28-3/h9-12,16H,4-8,13-15H2,1-3H3,(H2,22,23,24). The molecule has 0 saturated heterocycles. The Labute approximate surface area is 167 Å². The minimum Gasteiger partial charge on any atom is -0.465 e. The van der Waals surface area contributed by atoms with E-state index in [2.05, 4.69) is 15.6 Å². The number of esters is 1. The molecule has 154 valence electrons. The molecule has 0 atom stereocenters. The highest BCUT2D eigenvalue weighted by atomic mass is 16.5. The Morgan fingerprint density at radius 2 is 1.79 bits per heavy atom. The maximum atomic E-state index is 11.9. The fourth-order valence-corrected chi connectivity index (χ4v) is 3.16. The number of amides is 1. The topological polar surface area (TPSA) is 83.0 Å². The van der Waals surface area contributed by atoms with Crippen molar-refractivity contribution in [1.82, 2.24) is 15.5 Å². The molecule has 0 radical (unpaired) electrons. The molecule has 1 fully saturated rings. The zero-order valence-corrected chi connectivity index (χ0v) is 17.2. The predicted molar refractivity (Wildman–Crippen MR) is 110 cm³/mol. The van der Waals surface area contributed by atoms with Gasteiger partial charge in [-0.05, 0) is 36.5 Å². The molecule has 0 aliphatic heterocycles. The summed E-state index contributed by atoms with van der Waals surface area (Å²) in [5.74, 6) is 0.936. The molecule has 2 N–H and O–H groups in total. The number of benzene rings is 1. The number of guanidine groups is 1. The molecule has 1 saturated carbocycles. The molecule has 7 nitrogen and oxygen atoms in total. The van der Waals surface area contributed by atoms with Crippen LogP contribution in [0.3, 0.4) is 0 Å². The third-order valence-corrected chi connectivity index (χ3v) is 4.98. The maximum Gasteiger partial charge on any atom is 0.337 e. The third kappa shape index (κ3) is 7.21. The number of nitrogens with zero attached hydrogens (tertiary/aromatic N) is 2. The molecular formula is C21H32N4O3. The van der Waals surface area contributed by atoms with Crippen molar-refractivity contribution in [1.29, 1.82) is 0 Å². The molecule has 0 spiro atoms. The molecule has 0 heterocycles. The van der Waals surface area contributed by atoms with Crippen LogP contribution >= 0.6 is 0 Å². The van der Waals surface area contributed by atoms with Gasteiger partial charge in [-0.25, -0.2) is 9.79 Å². The van der Waals surface area contributed by atoms with Crippen molar-refractivity contribution in [3.8, 4) is 0 Å². The van der Waals surface area contributed by atoms with Gasteiger partial charge < -0.3 is 20.3 Å². The van der Waals surface area contributed by atoms with Crippen LogP contribution in [0, 0.1) is 5.92 Å². The summed E-state index contributed by atoms with van der Waals surface area (Å²) in [5.41, 5.74) is 1.49. The van der Waals surface area contributed by atoms with Crippen LogP contribution < -0.4 is 10.6 Å². The van der Waals surface area contributed by atoms with Crippen LogP contribution in [-0.2, 0) is 16.1 Å². The number of ether oxygens (including phenoxy) is 1. The fourth-order valence-electron chi connectivity index (χ4n) is 3.16. The summed E-state index contributed by atoms with van der Waals surface area (Å²) in [5, 5.41) is 6.51. The lowest BCUT2D eigenvalue weighted by atomic mass is 9.89. The van der Waals surface area contributed by atoms with Crippen molar-refractivity contribution >= 4 is 17.8 Å². The van der Waals surface area contributed by atoms with Crippen LogP contribution in [0.4, 0.5) is 0 Å². The first-order valence-corrected chi connectivity index (χ1v) is 9.89. The first-order chi connectivity index (χ1) is 13.5. The molecule has 0 bridgehead atoms. The fraction of sp³-hybridized carbons (Fsp3) is 0.571. The number of aliphatic imine (C=N–C) groups is 1. The van der Waals surface area contributed by atoms with Gasteiger partial charge in [0, 0.05) is 20.6 Å². The van der Waals surface area contributed by atoms with Gasteiger partial charge in [0.2, 0.25) is 5.91 Å². The average Bonchev–Trinajstić information content (AvgIpc) is 2.73. The molecule has 1 aliphatic carbocycles. The number of nitrogens with one attached hydrogen (secondary N) is 2. The second-order valence-electron chi connectivity index (χ2n) is 7.38. The van der Waals surface area contributed by atoms with Gasteiger partial charge in [-0.3, -0.25) is 4.79 Å². The smallest absolute Gasteiger partial charge is 0.337 e. The van der Waals surface area contributed by atoms with E-state index >= 15 is 0 Å². The highest BCUT2D eigenvalue weighted by Crippen LogP contribution is 2.22. The predicted octanol–water partition coefficient (Wildman–Crippen LogP) is 2.18. The van der Waals surface area contributed by atoms with Crippen molar-refractivity contribution in [2.24, 2.45) is 10.9 Å². The van der Waals surface area contributed by atoms with E-state index in [9.17, 15) is 9.59 Å². The van der Waals surface area contributed by atoms with E-state index in [0.29, 0.717) is 24.0 Å². The molecular weight excluding hydrogens is 356 g/mol. The Bertz CT molecular complexity index is 665. The Hall–Kier alpha value is -2.57. The van der Waals surface area contributed by atoms with E-state index < -0.39 is 0 Å². The lowest BCUT2D eigenvalue weighted by Gasteiger charge is -2.23. The summed E-state index contributed by atoms with van der Waals surface area (Å²) < 4.78 is 4.72. The van der Waals surface area contributed by atoms with Gasteiger partial charge in [-0.1, -0.05) is 31.4 Å². The van der Waals surface area contributed by atoms with Gasteiger partial charge in [0.05, 0.1) is 25.8 Å². The summed E-state index contributed by atoms with van der Waals surface area (Å²) in [6.07, 6.45) is 6.39. The third-order valence-electron chi connectivity index (χ3n) is 4.98. The Morgan fingerprint density at radius 1 is 1.11 bits per heavy atom. The number of hydrogen-bond donors (Lipinski definition) is 2. The monoisotopic (exact) mass is 388 g/mol. The summed E-state index contributed by atoms with van der Waals surface area (Å²) in [6.45, 7) is 1.52. The van der Waals surface area contributed by atoms with Crippen molar-refractivity contribution < 1.29 is 14.3 Å². The van der Waals surface area contributed by atoms with E-state index in [-0.39, 0.29) is 18.4 Å². The number of methoxy groups -OCH3 is 1. The number of hydrogen-bond acceptors (Lipinski definition) is 4. The highest BCUT2D eigenvalue weighted by Gasteiger charge is 2.14. The van der Waals surface area contributed by atoms with Crippen LogP contribution in [0.5, 0.6) is 0 Å². The minimum atomic E-state index is -0.353. The van der Waals surface area contributed by atoms with Crippen molar-refractivity contribution in [2.75, 3.05) is 34.3 Å². The zero-order chi connectivity index (χ0) is 20.4. The van der Waals surface area contributed by atoms with Crippen LogP contribution in [-0.4, -0.2) is 57.0 Å². The SMILES string of the molecule is COC(=O)c1ccc(CN=C(NCC(=O)N(C)C)NCC2CCCCC2)cc1.